The van der Waals surface area contributed by atoms with Crippen LogP contribution in [0.2, 0.25) is 0 Å². The van der Waals surface area contributed by atoms with Crippen molar-refractivity contribution in [2.45, 2.75) is 40.2 Å². The van der Waals surface area contributed by atoms with Crippen molar-refractivity contribution in [2.24, 2.45) is 11.8 Å². The van der Waals surface area contributed by atoms with Crippen LogP contribution in [0.15, 0.2) is 0 Å². The molecule has 0 radical (unpaired) electrons. The first-order valence-corrected chi connectivity index (χ1v) is 6.03. The third-order valence-electron chi connectivity index (χ3n) is 2.93. The van der Waals surface area contributed by atoms with Crippen LogP contribution >= 0.6 is 0 Å². The maximum atomic E-state index is 3.48. The lowest BCUT2D eigenvalue weighted by atomic mass is 9.92. The molecule has 0 saturated carbocycles. The first-order valence-electron chi connectivity index (χ1n) is 6.03. The first kappa shape index (κ1) is 12.0. The molecule has 0 aromatic carbocycles. The van der Waals surface area contributed by atoms with Gasteiger partial charge in [-0.15, -0.1) is 0 Å². The summed E-state index contributed by atoms with van der Waals surface area (Å²) in [4.78, 5) is 2.61. The molecular formula is C12H26N2. The summed E-state index contributed by atoms with van der Waals surface area (Å²) in [5, 5.41) is 3.48. The van der Waals surface area contributed by atoms with Gasteiger partial charge in [0, 0.05) is 32.2 Å². The molecule has 2 nitrogen and oxygen atoms in total. The Labute approximate surface area is 89.1 Å². The van der Waals surface area contributed by atoms with Gasteiger partial charge < -0.3 is 10.2 Å². The van der Waals surface area contributed by atoms with Gasteiger partial charge in [0.15, 0.2) is 0 Å². The van der Waals surface area contributed by atoms with Gasteiger partial charge in [-0.25, -0.2) is 0 Å². The molecule has 0 unspecified atom stereocenters. The third kappa shape index (κ3) is 4.43. The van der Waals surface area contributed by atoms with Crippen LogP contribution in [-0.4, -0.2) is 37.1 Å². The molecule has 84 valence electrons. The van der Waals surface area contributed by atoms with Gasteiger partial charge in [-0.2, -0.15) is 0 Å². The lowest BCUT2D eigenvalue weighted by Crippen LogP contribution is -2.42. The highest BCUT2D eigenvalue weighted by Crippen LogP contribution is 2.20. The fraction of sp³-hybridized carbons (Fsp3) is 1.00. The predicted octanol–water partition coefficient (Wildman–Crippen LogP) is 1.96. The fourth-order valence-corrected chi connectivity index (χ4v) is 2.49. The topological polar surface area (TPSA) is 15.3 Å². The standard InChI is InChI=1S/C12H26N2/c1-10(2)13-5-6-14-8-11(3)7-12(4)9-14/h10-13H,5-9H2,1-4H3/t11-,12-/m1/s1. The molecule has 0 aliphatic carbocycles. The van der Waals surface area contributed by atoms with E-state index in [1.807, 2.05) is 0 Å². The van der Waals surface area contributed by atoms with Crippen LogP contribution in [0.4, 0.5) is 0 Å². The molecule has 14 heavy (non-hydrogen) atoms. The smallest absolute Gasteiger partial charge is 0.0107 e. The van der Waals surface area contributed by atoms with Gasteiger partial charge in [-0.3, -0.25) is 0 Å². The molecule has 0 aromatic heterocycles. The summed E-state index contributed by atoms with van der Waals surface area (Å²) < 4.78 is 0. The lowest BCUT2D eigenvalue weighted by molar-refractivity contribution is 0.141. The Morgan fingerprint density at radius 2 is 1.79 bits per heavy atom. The minimum absolute atomic E-state index is 0.620. The number of rotatable bonds is 4. The van der Waals surface area contributed by atoms with Crippen LogP contribution in [0, 0.1) is 11.8 Å². The van der Waals surface area contributed by atoms with E-state index in [-0.39, 0.29) is 0 Å². The summed E-state index contributed by atoms with van der Waals surface area (Å²) in [5.74, 6) is 1.77. The Hall–Kier alpha value is -0.0800. The van der Waals surface area contributed by atoms with E-state index in [0.717, 1.165) is 18.4 Å². The van der Waals surface area contributed by atoms with Crippen molar-refractivity contribution in [3.63, 3.8) is 0 Å². The molecule has 1 saturated heterocycles. The molecule has 0 bridgehead atoms. The second kappa shape index (κ2) is 5.72. The van der Waals surface area contributed by atoms with Gasteiger partial charge in [0.05, 0.1) is 0 Å². The summed E-state index contributed by atoms with van der Waals surface area (Å²) in [6, 6.07) is 0.620. The summed E-state index contributed by atoms with van der Waals surface area (Å²) in [6.45, 7) is 14.1. The lowest BCUT2D eigenvalue weighted by Gasteiger charge is -2.35. The Morgan fingerprint density at radius 3 is 2.29 bits per heavy atom. The first-order chi connectivity index (χ1) is 6.58. The van der Waals surface area contributed by atoms with Crippen molar-refractivity contribution in [3.8, 4) is 0 Å². The molecule has 1 N–H and O–H groups in total. The SMILES string of the molecule is CC(C)NCCN1C[C@H](C)C[C@@H](C)C1. The van der Waals surface area contributed by atoms with E-state index in [1.54, 1.807) is 0 Å². The molecule has 1 aliphatic heterocycles. The van der Waals surface area contributed by atoms with Gasteiger partial charge in [-0.1, -0.05) is 27.7 Å². The molecule has 1 aliphatic rings. The number of likely N-dealkylation sites (tertiary alicyclic amines) is 1. The highest BCUT2D eigenvalue weighted by molar-refractivity contribution is 4.75. The van der Waals surface area contributed by atoms with E-state index >= 15 is 0 Å². The number of nitrogens with zero attached hydrogens (tertiary/aromatic N) is 1. The second-order valence-corrected chi connectivity index (χ2v) is 5.31. The monoisotopic (exact) mass is 198 g/mol. The van der Waals surface area contributed by atoms with Crippen LogP contribution in [-0.2, 0) is 0 Å². The molecule has 0 spiro atoms. The van der Waals surface area contributed by atoms with Crippen molar-refractivity contribution in [1.82, 2.24) is 10.2 Å². The molecule has 2 heteroatoms. The maximum Gasteiger partial charge on any atom is 0.0107 e. The average molecular weight is 198 g/mol. The van der Waals surface area contributed by atoms with Crippen molar-refractivity contribution < 1.29 is 0 Å². The Morgan fingerprint density at radius 1 is 1.21 bits per heavy atom. The molecule has 1 rings (SSSR count). The van der Waals surface area contributed by atoms with Gasteiger partial charge >= 0.3 is 0 Å². The van der Waals surface area contributed by atoms with Gasteiger partial charge in [0.1, 0.15) is 0 Å². The van der Waals surface area contributed by atoms with Crippen LogP contribution < -0.4 is 5.32 Å². The van der Waals surface area contributed by atoms with Crippen LogP contribution in [0.25, 0.3) is 0 Å². The molecular weight excluding hydrogens is 172 g/mol. The van der Waals surface area contributed by atoms with Crippen LogP contribution in [0.5, 0.6) is 0 Å². The molecule has 1 heterocycles. The van der Waals surface area contributed by atoms with E-state index in [4.69, 9.17) is 0 Å². The quantitative estimate of drug-likeness (QED) is 0.743. The number of nitrogens with one attached hydrogen (secondary N) is 1. The summed E-state index contributed by atoms with van der Waals surface area (Å²) in [7, 11) is 0. The average Bonchev–Trinajstić information content (AvgIpc) is 2.01. The van der Waals surface area contributed by atoms with Gasteiger partial charge in [0.2, 0.25) is 0 Å². The zero-order chi connectivity index (χ0) is 10.6. The summed E-state index contributed by atoms with van der Waals surface area (Å²) in [5.41, 5.74) is 0. The predicted molar refractivity (Wildman–Crippen MR) is 62.5 cm³/mol. The van der Waals surface area contributed by atoms with Crippen LogP contribution in [0.3, 0.4) is 0 Å². The largest absolute Gasteiger partial charge is 0.313 e. The van der Waals surface area contributed by atoms with Gasteiger partial charge in [0.25, 0.3) is 0 Å². The Kier molecular flexibility index (Phi) is 4.90. The summed E-state index contributed by atoms with van der Waals surface area (Å²) >= 11 is 0. The maximum absolute atomic E-state index is 3.48. The minimum Gasteiger partial charge on any atom is -0.313 e. The Balaban J connectivity index is 2.17. The fourth-order valence-electron chi connectivity index (χ4n) is 2.49. The normalized spacial score (nSPS) is 29.8. The highest BCUT2D eigenvalue weighted by atomic mass is 15.1. The molecule has 0 amide bonds. The van der Waals surface area contributed by atoms with E-state index < -0.39 is 0 Å². The van der Waals surface area contributed by atoms with Crippen molar-refractivity contribution in [3.05, 3.63) is 0 Å². The van der Waals surface area contributed by atoms with Crippen molar-refractivity contribution >= 4 is 0 Å². The number of hydrogen-bond donors (Lipinski definition) is 1. The van der Waals surface area contributed by atoms with Gasteiger partial charge in [-0.05, 0) is 18.3 Å². The van der Waals surface area contributed by atoms with Crippen LogP contribution in [0.1, 0.15) is 34.1 Å². The molecule has 0 aromatic rings. The molecule has 1 fully saturated rings. The highest BCUT2D eigenvalue weighted by Gasteiger charge is 2.20. The second-order valence-electron chi connectivity index (χ2n) is 5.31. The van der Waals surface area contributed by atoms with E-state index in [9.17, 15) is 0 Å². The van der Waals surface area contributed by atoms with E-state index in [2.05, 4.69) is 37.9 Å². The number of piperidine rings is 1. The van der Waals surface area contributed by atoms with Crippen molar-refractivity contribution in [1.29, 1.82) is 0 Å². The minimum atomic E-state index is 0.620. The van der Waals surface area contributed by atoms with E-state index in [0.29, 0.717) is 6.04 Å². The Bertz CT molecular complexity index is 146. The van der Waals surface area contributed by atoms with E-state index in [1.165, 1.54) is 26.1 Å². The number of hydrogen-bond acceptors (Lipinski definition) is 2. The third-order valence-corrected chi connectivity index (χ3v) is 2.93. The zero-order valence-electron chi connectivity index (χ0n) is 10.2. The summed E-state index contributed by atoms with van der Waals surface area (Å²) in [6.07, 6.45) is 1.41. The zero-order valence-corrected chi connectivity index (χ0v) is 10.2. The molecule has 2 atom stereocenters. The van der Waals surface area contributed by atoms with Crippen molar-refractivity contribution in [2.75, 3.05) is 26.2 Å².